The third-order valence-electron chi connectivity index (χ3n) is 5.03. The average molecular weight is 373 g/mol. The number of benzene rings is 2. The molecule has 3 rings (SSSR count). The van der Waals surface area contributed by atoms with E-state index in [0.717, 1.165) is 12.8 Å². The van der Waals surface area contributed by atoms with Gasteiger partial charge in [0.2, 0.25) is 5.91 Å². The number of carbonyl (C=O) groups excluding carboxylic acids is 1. The first-order chi connectivity index (χ1) is 13.7. The number of nitrogens with zero attached hydrogens (tertiary/aromatic N) is 1. The third kappa shape index (κ3) is 5.53. The third-order valence-corrected chi connectivity index (χ3v) is 5.03. The van der Waals surface area contributed by atoms with Crippen LogP contribution in [0.25, 0.3) is 0 Å². The number of amides is 1. The van der Waals surface area contributed by atoms with Crippen molar-refractivity contribution in [2.24, 2.45) is 4.99 Å². The minimum absolute atomic E-state index is 0.0246. The molecule has 1 atom stereocenters. The lowest BCUT2D eigenvalue weighted by Crippen LogP contribution is -2.30. The highest BCUT2D eigenvalue weighted by Gasteiger charge is 2.29. The van der Waals surface area contributed by atoms with Gasteiger partial charge in [0.1, 0.15) is 0 Å². The molecule has 0 aromatic heterocycles. The topological polar surface area (TPSA) is 41.5 Å². The second kappa shape index (κ2) is 9.84. The van der Waals surface area contributed by atoms with Crippen LogP contribution in [0.2, 0.25) is 0 Å². The number of aliphatic imine (C=N–C) groups is 1. The van der Waals surface area contributed by atoms with E-state index in [2.05, 4.69) is 53.8 Å². The summed E-state index contributed by atoms with van der Waals surface area (Å²) in [7, 11) is 0. The van der Waals surface area contributed by atoms with E-state index >= 15 is 0 Å². The van der Waals surface area contributed by atoms with Crippen molar-refractivity contribution in [1.82, 2.24) is 5.32 Å². The molecular formula is C25H28N2O. The van der Waals surface area contributed by atoms with Crippen molar-refractivity contribution in [3.05, 3.63) is 96.2 Å². The molecule has 1 saturated carbocycles. The van der Waals surface area contributed by atoms with Crippen molar-refractivity contribution in [2.75, 3.05) is 0 Å². The maximum Gasteiger partial charge on any atom is 0.225 e. The van der Waals surface area contributed by atoms with Gasteiger partial charge in [0.05, 0.1) is 12.5 Å². The van der Waals surface area contributed by atoms with Crippen LogP contribution in [0, 0.1) is 0 Å². The molecule has 144 valence electrons. The van der Waals surface area contributed by atoms with Crippen molar-refractivity contribution in [3.63, 3.8) is 0 Å². The molecule has 1 aliphatic carbocycles. The van der Waals surface area contributed by atoms with Gasteiger partial charge in [-0.3, -0.25) is 9.79 Å². The predicted molar refractivity (Wildman–Crippen MR) is 117 cm³/mol. The molecule has 0 saturated heterocycles. The SMILES string of the molecule is C=CCc1ccc(C(Cc2ccccc2)NC(=O)CC=NC=C)c(C2CC2)c1. The Hall–Kier alpha value is -2.94. The lowest BCUT2D eigenvalue weighted by molar-refractivity contribution is -0.120. The summed E-state index contributed by atoms with van der Waals surface area (Å²) in [5.41, 5.74) is 5.10. The number of rotatable bonds is 10. The normalized spacial score (nSPS) is 14.6. The number of carbonyl (C=O) groups is 1. The summed E-state index contributed by atoms with van der Waals surface area (Å²) >= 11 is 0. The second-order valence-electron chi connectivity index (χ2n) is 7.26. The molecule has 28 heavy (non-hydrogen) atoms. The molecule has 1 unspecified atom stereocenters. The van der Waals surface area contributed by atoms with Gasteiger partial charge in [0.25, 0.3) is 0 Å². The van der Waals surface area contributed by atoms with Gasteiger partial charge in [-0.15, -0.1) is 6.58 Å². The van der Waals surface area contributed by atoms with E-state index in [0.29, 0.717) is 5.92 Å². The zero-order valence-corrected chi connectivity index (χ0v) is 16.3. The molecular weight excluding hydrogens is 344 g/mol. The van der Waals surface area contributed by atoms with E-state index in [9.17, 15) is 4.79 Å². The van der Waals surface area contributed by atoms with Crippen LogP contribution in [-0.2, 0) is 17.6 Å². The quantitative estimate of drug-likeness (QED) is 0.446. The molecule has 0 heterocycles. The Bertz CT molecular complexity index is 850. The van der Waals surface area contributed by atoms with E-state index in [1.807, 2.05) is 24.3 Å². The molecule has 0 radical (unpaired) electrons. The van der Waals surface area contributed by atoms with Gasteiger partial charge in [-0.25, -0.2) is 0 Å². The van der Waals surface area contributed by atoms with Crippen molar-refractivity contribution in [3.8, 4) is 0 Å². The fourth-order valence-electron chi connectivity index (χ4n) is 3.54. The summed E-state index contributed by atoms with van der Waals surface area (Å²) in [5.74, 6) is 0.584. The molecule has 0 aliphatic heterocycles. The highest BCUT2D eigenvalue weighted by Crippen LogP contribution is 2.44. The first-order valence-corrected chi connectivity index (χ1v) is 9.90. The van der Waals surface area contributed by atoms with Gasteiger partial charge < -0.3 is 5.32 Å². The van der Waals surface area contributed by atoms with Crippen molar-refractivity contribution in [1.29, 1.82) is 0 Å². The molecule has 2 aromatic carbocycles. The first kappa shape index (κ1) is 19.8. The maximum absolute atomic E-state index is 12.5. The van der Waals surface area contributed by atoms with Gasteiger partial charge in [-0.1, -0.05) is 61.2 Å². The molecule has 1 N–H and O–H groups in total. The van der Waals surface area contributed by atoms with E-state index in [1.54, 1.807) is 6.21 Å². The van der Waals surface area contributed by atoms with Gasteiger partial charge in [0, 0.05) is 12.4 Å². The minimum atomic E-state index is -0.0552. The molecule has 3 heteroatoms. The van der Waals surface area contributed by atoms with E-state index in [-0.39, 0.29) is 18.4 Å². The van der Waals surface area contributed by atoms with E-state index in [1.165, 1.54) is 41.3 Å². The maximum atomic E-state index is 12.5. The summed E-state index contributed by atoms with van der Waals surface area (Å²) in [5, 5.41) is 3.23. The van der Waals surface area contributed by atoms with Gasteiger partial charge in [-0.05, 0) is 53.9 Å². The largest absolute Gasteiger partial charge is 0.349 e. The Morgan fingerprint density at radius 3 is 2.61 bits per heavy atom. The lowest BCUT2D eigenvalue weighted by Gasteiger charge is -2.23. The van der Waals surface area contributed by atoms with Crippen LogP contribution < -0.4 is 5.32 Å². The van der Waals surface area contributed by atoms with Gasteiger partial charge >= 0.3 is 0 Å². The molecule has 2 aromatic rings. The molecule has 1 fully saturated rings. The Morgan fingerprint density at radius 2 is 1.93 bits per heavy atom. The zero-order valence-electron chi connectivity index (χ0n) is 16.3. The fourth-order valence-corrected chi connectivity index (χ4v) is 3.54. The Morgan fingerprint density at radius 1 is 1.14 bits per heavy atom. The molecule has 0 bridgehead atoms. The summed E-state index contributed by atoms with van der Waals surface area (Å²) < 4.78 is 0. The van der Waals surface area contributed by atoms with Crippen molar-refractivity contribution >= 4 is 12.1 Å². The summed E-state index contributed by atoms with van der Waals surface area (Å²) in [6.07, 6.45) is 9.32. The van der Waals surface area contributed by atoms with E-state index in [4.69, 9.17) is 0 Å². The first-order valence-electron chi connectivity index (χ1n) is 9.90. The molecule has 1 amide bonds. The Kier molecular flexibility index (Phi) is 6.96. The number of hydrogen-bond donors (Lipinski definition) is 1. The Labute approximate surface area is 167 Å². The minimum Gasteiger partial charge on any atom is -0.349 e. The fraction of sp³-hybridized carbons (Fsp3) is 0.280. The second-order valence-corrected chi connectivity index (χ2v) is 7.26. The molecule has 0 spiro atoms. The highest BCUT2D eigenvalue weighted by molar-refractivity contribution is 5.90. The van der Waals surface area contributed by atoms with Crippen molar-refractivity contribution in [2.45, 2.75) is 44.1 Å². The van der Waals surface area contributed by atoms with Crippen LogP contribution >= 0.6 is 0 Å². The summed E-state index contributed by atoms with van der Waals surface area (Å²) in [6.45, 7) is 7.40. The van der Waals surface area contributed by atoms with Gasteiger partial charge in [-0.2, -0.15) is 0 Å². The zero-order chi connectivity index (χ0) is 19.8. The monoisotopic (exact) mass is 372 g/mol. The van der Waals surface area contributed by atoms with Crippen LogP contribution in [-0.4, -0.2) is 12.1 Å². The number of allylic oxidation sites excluding steroid dienone is 1. The average Bonchev–Trinajstić information content (AvgIpc) is 3.54. The van der Waals surface area contributed by atoms with Crippen LogP contribution in [0.4, 0.5) is 0 Å². The summed E-state index contributed by atoms with van der Waals surface area (Å²) in [6, 6.07) is 16.9. The standard InChI is InChI=1S/C25H28N2O/c1-3-8-19-11-14-22(23(17-19)21-12-13-21)24(18-20-9-6-5-7-10-20)27-25(28)15-16-26-4-2/h3-7,9-11,14,16-17,21,24H,1-2,8,12-13,15,18H2,(H,27,28). The van der Waals surface area contributed by atoms with Crippen LogP contribution in [0.3, 0.4) is 0 Å². The number of hydrogen-bond acceptors (Lipinski definition) is 2. The van der Waals surface area contributed by atoms with Crippen LogP contribution in [0.15, 0.2) is 79.0 Å². The Balaban J connectivity index is 1.89. The van der Waals surface area contributed by atoms with Gasteiger partial charge in [0.15, 0.2) is 0 Å². The smallest absolute Gasteiger partial charge is 0.225 e. The molecule has 3 nitrogen and oxygen atoms in total. The van der Waals surface area contributed by atoms with E-state index < -0.39 is 0 Å². The molecule has 1 aliphatic rings. The van der Waals surface area contributed by atoms with Crippen molar-refractivity contribution < 1.29 is 4.79 Å². The predicted octanol–water partition coefficient (Wildman–Crippen LogP) is 5.30. The summed E-state index contributed by atoms with van der Waals surface area (Å²) in [4.78, 5) is 16.4. The van der Waals surface area contributed by atoms with Crippen LogP contribution in [0.5, 0.6) is 0 Å². The number of nitrogens with one attached hydrogen (secondary N) is 1. The lowest BCUT2D eigenvalue weighted by atomic mass is 9.90. The highest BCUT2D eigenvalue weighted by atomic mass is 16.1. The van der Waals surface area contributed by atoms with Crippen LogP contribution in [0.1, 0.15) is 53.5 Å².